The molecule has 31 heavy (non-hydrogen) atoms. The number of nitrogens with one attached hydrogen (secondary N) is 1. The van der Waals surface area contributed by atoms with Crippen LogP contribution in [0.2, 0.25) is 5.02 Å². The highest BCUT2D eigenvalue weighted by atomic mass is 35.5. The molecule has 2 aromatic carbocycles. The van der Waals surface area contributed by atoms with Gasteiger partial charge in [0.15, 0.2) is 0 Å². The van der Waals surface area contributed by atoms with Crippen molar-refractivity contribution in [2.45, 2.75) is 6.42 Å². The topological polar surface area (TPSA) is 65.5 Å². The van der Waals surface area contributed by atoms with Crippen molar-refractivity contribution in [2.75, 3.05) is 31.5 Å². The van der Waals surface area contributed by atoms with Crippen LogP contribution in [0.1, 0.15) is 16.1 Å². The summed E-state index contributed by atoms with van der Waals surface area (Å²) in [5, 5.41) is 3.92. The van der Waals surface area contributed by atoms with Gasteiger partial charge < -0.3 is 15.1 Å². The standard InChI is InChI=1S/C22H20ClFN4O2S/c23-15-6-8-16(9-7-15)26-22(30)28-11-3-10-27(12-13-28)21(29)19-14-25-20(31-19)17-4-1-2-5-18(17)24/h1-2,4-9,14H,3,10-13H2,(H,26,30). The van der Waals surface area contributed by atoms with Crippen LogP contribution in [-0.4, -0.2) is 52.9 Å². The van der Waals surface area contributed by atoms with Gasteiger partial charge in [0, 0.05) is 42.5 Å². The van der Waals surface area contributed by atoms with Crippen LogP contribution in [0.25, 0.3) is 10.6 Å². The third-order valence-electron chi connectivity index (χ3n) is 4.99. The molecule has 9 heteroatoms. The van der Waals surface area contributed by atoms with E-state index in [0.29, 0.717) is 58.8 Å². The zero-order chi connectivity index (χ0) is 21.8. The van der Waals surface area contributed by atoms with Crippen molar-refractivity contribution >= 4 is 40.6 Å². The maximum atomic E-state index is 14.0. The van der Waals surface area contributed by atoms with Gasteiger partial charge in [0.2, 0.25) is 0 Å². The van der Waals surface area contributed by atoms with Gasteiger partial charge in [0.1, 0.15) is 15.7 Å². The van der Waals surface area contributed by atoms with Crippen LogP contribution >= 0.6 is 22.9 Å². The van der Waals surface area contributed by atoms with E-state index < -0.39 is 0 Å². The van der Waals surface area contributed by atoms with Crippen molar-refractivity contribution in [3.63, 3.8) is 0 Å². The monoisotopic (exact) mass is 458 g/mol. The lowest BCUT2D eigenvalue weighted by Gasteiger charge is -2.22. The number of hydrogen-bond donors (Lipinski definition) is 1. The summed E-state index contributed by atoms with van der Waals surface area (Å²) in [6.45, 7) is 1.92. The number of aromatic nitrogens is 1. The Bertz CT molecular complexity index is 1090. The molecule has 0 aliphatic carbocycles. The molecule has 0 atom stereocenters. The number of benzene rings is 2. The number of anilines is 1. The van der Waals surface area contributed by atoms with E-state index in [-0.39, 0.29) is 17.8 Å². The Morgan fingerprint density at radius 1 is 1.00 bits per heavy atom. The third-order valence-corrected chi connectivity index (χ3v) is 6.26. The van der Waals surface area contributed by atoms with Gasteiger partial charge in [-0.1, -0.05) is 23.7 Å². The minimum atomic E-state index is -0.368. The quantitative estimate of drug-likeness (QED) is 0.601. The minimum absolute atomic E-state index is 0.153. The first kappa shape index (κ1) is 21.3. The molecule has 0 radical (unpaired) electrons. The Kier molecular flexibility index (Phi) is 6.48. The normalized spacial score (nSPS) is 14.3. The number of rotatable bonds is 3. The van der Waals surface area contributed by atoms with E-state index in [4.69, 9.17) is 11.6 Å². The van der Waals surface area contributed by atoms with Crippen molar-refractivity contribution in [1.82, 2.24) is 14.8 Å². The second kappa shape index (κ2) is 9.45. The van der Waals surface area contributed by atoms with Crippen LogP contribution in [-0.2, 0) is 0 Å². The number of thiazole rings is 1. The molecule has 1 N–H and O–H groups in total. The average molecular weight is 459 g/mol. The molecule has 160 valence electrons. The molecule has 0 spiro atoms. The van der Waals surface area contributed by atoms with Crippen LogP contribution < -0.4 is 5.32 Å². The van der Waals surface area contributed by atoms with Gasteiger partial charge in [-0.25, -0.2) is 14.2 Å². The van der Waals surface area contributed by atoms with Gasteiger partial charge in [-0.2, -0.15) is 0 Å². The van der Waals surface area contributed by atoms with Crippen molar-refractivity contribution in [3.8, 4) is 10.6 Å². The second-order valence-corrected chi connectivity index (χ2v) is 8.55. The van der Waals surface area contributed by atoms with E-state index in [1.807, 2.05) is 0 Å². The first-order valence-electron chi connectivity index (χ1n) is 9.83. The van der Waals surface area contributed by atoms with E-state index in [1.165, 1.54) is 23.6 Å². The molecule has 0 saturated carbocycles. The largest absolute Gasteiger partial charge is 0.336 e. The van der Waals surface area contributed by atoms with Gasteiger partial charge >= 0.3 is 6.03 Å². The zero-order valence-corrected chi connectivity index (χ0v) is 18.1. The molecule has 1 fully saturated rings. The second-order valence-electron chi connectivity index (χ2n) is 7.08. The third kappa shape index (κ3) is 5.03. The summed E-state index contributed by atoms with van der Waals surface area (Å²) in [7, 11) is 0. The van der Waals surface area contributed by atoms with Crippen molar-refractivity contribution in [3.05, 3.63) is 70.4 Å². The molecular formula is C22H20ClFN4O2S. The molecule has 2 heterocycles. The SMILES string of the molecule is O=C(Nc1ccc(Cl)cc1)N1CCCN(C(=O)c2cnc(-c3ccccc3F)s2)CC1. The summed E-state index contributed by atoms with van der Waals surface area (Å²) in [5.74, 6) is -0.520. The van der Waals surface area contributed by atoms with E-state index in [2.05, 4.69) is 10.3 Å². The van der Waals surface area contributed by atoms with Crippen molar-refractivity contribution in [1.29, 1.82) is 0 Å². The maximum Gasteiger partial charge on any atom is 0.321 e. The number of carbonyl (C=O) groups is 2. The van der Waals surface area contributed by atoms with E-state index in [9.17, 15) is 14.0 Å². The van der Waals surface area contributed by atoms with Crippen LogP contribution in [0.5, 0.6) is 0 Å². The predicted molar refractivity (Wildman–Crippen MR) is 120 cm³/mol. The minimum Gasteiger partial charge on any atom is -0.336 e. The first-order chi connectivity index (χ1) is 15.0. The van der Waals surface area contributed by atoms with Gasteiger partial charge in [-0.3, -0.25) is 4.79 Å². The zero-order valence-electron chi connectivity index (χ0n) is 16.6. The highest BCUT2D eigenvalue weighted by Crippen LogP contribution is 2.28. The number of urea groups is 1. The number of halogens is 2. The van der Waals surface area contributed by atoms with Crippen molar-refractivity contribution in [2.24, 2.45) is 0 Å². The molecule has 0 unspecified atom stereocenters. The molecule has 1 aliphatic rings. The number of carbonyl (C=O) groups excluding carboxylic acids is 2. The molecule has 1 aliphatic heterocycles. The van der Waals surface area contributed by atoms with Gasteiger partial charge in [0.25, 0.3) is 5.91 Å². The van der Waals surface area contributed by atoms with E-state index in [1.54, 1.807) is 52.3 Å². The molecule has 1 aromatic heterocycles. The highest BCUT2D eigenvalue weighted by Gasteiger charge is 2.24. The summed E-state index contributed by atoms with van der Waals surface area (Å²) in [6.07, 6.45) is 2.16. The van der Waals surface area contributed by atoms with E-state index >= 15 is 0 Å². The summed E-state index contributed by atoms with van der Waals surface area (Å²) in [5.41, 5.74) is 1.05. The molecular weight excluding hydrogens is 439 g/mol. The fourth-order valence-corrected chi connectivity index (χ4v) is 4.38. The number of nitrogens with zero attached hydrogens (tertiary/aromatic N) is 3. The molecule has 3 amide bonds. The fraction of sp³-hybridized carbons (Fsp3) is 0.227. The van der Waals surface area contributed by atoms with Gasteiger partial charge in [-0.05, 0) is 42.8 Å². The van der Waals surface area contributed by atoms with Crippen LogP contribution in [0.15, 0.2) is 54.7 Å². The summed E-state index contributed by atoms with van der Waals surface area (Å²) in [6, 6.07) is 13.1. The smallest absolute Gasteiger partial charge is 0.321 e. The maximum absolute atomic E-state index is 14.0. The van der Waals surface area contributed by atoms with Gasteiger partial charge in [-0.15, -0.1) is 11.3 Å². The molecule has 3 aromatic rings. The lowest BCUT2D eigenvalue weighted by molar-refractivity contribution is 0.0767. The predicted octanol–water partition coefficient (Wildman–Crippen LogP) is 4.98. The Morgan fingerprint density at radius 3 is 2.48 bits per heavy atom. The summed E-state index contributed by atoms with van der Waals surface area (Å²) in [4.78, 5) is 33.6. The number of amides is 3. The summed E-state index contributed by atoms with van der Waals surface area (Å²) < 4.78 is 14.0. The average Bonchev–Trinajstić information content (AvgIpc) is 3.12. The van der Waals surface area contributed by atoms with Crippen LogP contribution in [0, 0.1) is 5.82 Å². The number of hydrogen-bond acceptors (Lipinski definition) is 4. The first-order valence-corrected chi connectivity index (χ1v) is 11.0. The van der Waals surface area contributed by atoms with Crippen LogP contribution in [0.3, 0.4) is 0 Å². The Hall–Kier alpha value is -2.97. The Labute approximate surface area is 188 Å². The Balaban J connectivity index is 1.38. The highest BCUT2D eigenvalue weighted by molar-refractivity contribution is 7.16. The molecule has 6 nitrogen and oxygen atoms in total. The van der Waals surface area contributed by atoms with Crippen LogP contribution in [0.4, 0.5) is 14.9 Å². The molecule has 1 saturated heterocycles. The molecule has 0 bridgehead atoms. The van der Waals surface area contributed by atoms with Crippen molar-refractivity contribution < 1.29 is 14.0 Å². The van der Waals surface area contributed by atoms with E-state index in [0.717, 1.165) is 0 Å². The fourth-order valence-electron chi connectivity index (χ4n) is 3.35. The Morgan fingerprint density at radius 2 is 1.71 bits per heavy atom. The lowest BCUT2D eigenvalue weighted by atomic mass is 10.2. The lowest BCUT2D eigenvalue weighted by Crippen LogP contribution is -2.39. The summed E-state index contributed by atoms with van der Waals surface area (Å²) >= 11 is 7.05. The molecule has 4 rings (SSSR count). The van der Waals surface area contributed by atoms with Gasteiger partial charge in [0.05, 0.1) is 6.20 Å².